The fourth-order valence-electron chi connectivity index (χ4n) is 3.20. The van der Waals surface area contributed by atoms with E-state index in [0.717, 1.165) is 34.3 Å². The number of nitrogens with zero attached hydrogens (tertiary/aromatic N) is 3. The second-order valence-electron chi connectivity index (χ2n) is 6.42. The molecule has 3 aromatic rings. The summed E-state index contributed by atoms with van der Waals surface area (Å²) in [7, 11) is 0. The SMILES string of the molecule is NC(=O)C(=O)C(Cc1c[nH]c2c1=CCC=2)NC(=O)c1nsnc1-c1ccccn1. The molecule has 0 radical (unpaired) electrons. The van der Waals surface area contributed by atoms with E-state index in [2.05, 4.69) is 24.0 Å². The van der Waals surface area contributed by atoms with Crippen molar-refractivity contribution in [1.29, 1.82) is 0 Å². The minimum atomic E-state index is -1.12. The van der Waals surface area contributed by atoms with E-state index in [1.807, 2.05) is 12.2 Å². The summed E-state index contributed by atoms with van der Waals surface area (Å²) in [6.45, 7) is 0. The number of aromatic amines is 1. The number of carbonyl (C=O) groups excluding carboxylic acids is 3. The number of carbonyl (C=O) groups is 3. The Morgan fingerprint density at radius 1 is 1.24 bits per heavy atom. The second kappa shape index (κ2) is 7.76. The van der Waals surface area contributed by atoms with Crippen molar-refractivity contribution in [2.45, 2.75) is 18.9 Å². The fraction of sp³-hybridized carbons (Fsp3) is 0.158. The summed E-state index contributed by atoms with van der Waals surface area (Å²) in [5, 5.41) is 4.51. The molecule has 0 spiro atoms. The van der Waals surface area contributed by atoms with Crippen molar-refractivity contribution in [1.82, 2.24) is 24.0 Å². The largest absolute Gasteiger partial charge is 0.363 e. The summed E-state index contributed by atoms with van der Waals surface area (Å²) in [6, 6.07) is 4.10. The van der Waals surface area contributed by atoms with Gasteiger partial charge in [0, 0.05) is 24.2 Å². The fourth-order valence-corrected chi connectivity index (χ4v) is 3.76. The van der Waals surface area contributed by atoms with Gasteiger partial charge in [0.2, 0.25) is 5.78 Å². The van der Waals surface area contributed by atoms with E-state index in [4.69, 9.17) is 5.73 Å². The van der Waals surface area contributed by atoms with E-state index >= 15 is 0 Å². The zero-order valence-electron chi connectivity index (χ0n) is 15.1. The minimum Gasteiger partial charge on any atom is -0.363 e. The summed E-state index contributed by atoms with van der Waals surface area (Å²) < 4.78 is 8.17. The topological polar surface area (TPSA) is 144 Å². The van der Waals surface area contributed by atoms with Crippen molar-refractivity contribution >= 4 is 41.5 Å². The van der Waals surface area contributed by atoms with Crippen LogP contribution in [-0.4, -0.2) is 42.4 Å². The average molecular weight is 408 g/mol. The average Bonchev–Trinajstić information content (AvgIpc) is 3.45. The Labute approximate surface area is 168 Å². The third kappa shape index (κ3) is 3.69. The molecule has 2 amide bonds. The lowest BCUT2D eigenvalue weighted by Crippen LogP contribution is -2.48. The highest BCUT2D eigenvalue weighted by Gasteiger charge is 2.29. The highest BCUT2D eigenvalue weighted by atomic mass is 32.1. The molecule has 0 fully saturated rings. The molecule has 0 saturated carbocycles. The Bertz CT molecular complexity index is 1210. The molecule has 10 heteroatoms. The number of aromatic nitrogens is 4. The summed E-state index contributed by atoms with van der Waals surface area (Å²) in [4.78, 5) is 44.0. The molecule has 1 atom stereocenters. The summed E-state index contributed by atoms with van der Waals surface area (Å²) in [5.74, 6) is -2.61. The number of fused-ring (bicyclic) bond motifs is 1. The smallest absolute Gasteiger partial charge is 0.287 e. The number of nitrogens with one attached hydrogen (secondary N) is 2. The second-order valence-corrected chi connectivity index (χ2v) is 6.95. The van der Waals surface area contributed by atoms with Crippen molar-refractivity contribution < 1.29 is 14.4 Å². The minimum absolute atomic E-state index is 0.0372. The van der Waals surface area contributed by atoms with Crippen LogP contribution in [-0.2, 0) is 16.0 Å². The van der Waals surface area contributed by atoms with Crippen molar-refractivity contribution in [2.24, 2.45) is 5.73 Å². The maximum atomic E-state index is 12.8. The zero-order chi connectivity index (χ0) is 20.4. The predicted octanol–water partition coefficient (Wildman–Crippen LogP) is -0.712. The van der Waals surface area contributed by atoms with Crippen LogP contribution in [0, 0.1) is 0 Å². The van der Waals surface area contributed by atoms with Gasteiger partial charge in [-0.1, -0.05) is 18.2 Å². The standard InChI is InChI=1S/C19H16N6O3S/c20-18(27)17(26)14(8-10-9-22-12-6-3-4-11(10)12)23-19(28)16-15(24-29-25-16)13-5-1-2-7-21-13/h1-2,4-7,9,14,22H,3,8H2,(H2,20,27)(H,23,28). The van der Waals surface area contributed by atoms with Crippen LogP contribution in [0.2, 0.25) is 0 Å². The lowest BCUT2D eigenvalue weighted by atomic mass is 10.0. The van der Waals surface area contributed by atoms with Crippen LogP contribution >= 0.6 is 11.7 Å². The molecule has 0 aromatic carbocycles. The number of amides is 2. The molecular formula is C19H16N6O3S. The first kappa shape index (κ1) is 18.7. The molecule has 4 N–H and O–H groups in total. The molecule has 9 nitrogen and oxygen atoms in total. The third-order valence-corrected chi connectivity index (χ3v) is 5.11. The van der Waals surface area contributed by atoms with E-state index in [0.29, 0.717) is 11.4 Å². The van der Waals surface area contributed by atoms with E-state index in [-0.39, 0.29) is 12.1 Å². The first-order valence-corrected chi connectivity index (χ1v) is 9.52. The van der Waals surface area contributed by atoms with Crippen LogP contribution in [0.1, 0.15) is 22.5 Å². The normalized spacial score (nSPS) is 13.1. The van der Waals surface area contributed by atoms with Gasteiger partial charge in [-0.2, -0.15) is 8.75 Å². The zero-order valence-corrected chi connectivity index (χ0v) is 15.9. The molecule has 3 aromatic heterocycles. The summed E-state index contributed by atoms with van der Waals surface area (Å²) >= 11 is 0.861. The van der Waals surface area contributed by atoms with E-state index in [1.165, 1.54) is 0 Å². The Balaban J connectivity index is 1.61. The van der Waals surface area contributed by atoms with Gasteiger partial charge < -0.3 is 16.0 Å². The molecule has 0 bridgehead atoms. The van der Waals surface area contributed by atoms with Crippen LogP contribution < -0.4 is 21.6 Å². The molecule has 0 saturated heterocycles. The van der Waals surface area contributed by atoms with Gasteiger partial charge in [-0.25, -0.2) is 0 Å². The number of nitrogens with two attached hydrogens (primary N) is 1. The molecule has 0 aliphatic heterocycles. The van der Waals surface area contributed by atoms with Gasteiger partial charge in [0.1, 0.15) is 11.7 Å². The lowest BCUT2D eigenvalue weighted by Gasteiger charge is -2.15. The van der Waals surface area contributed by atoms with Crippen molar-refractivity contribution in [3.63, 3.8) is 0 Å². The highest BCUT2D eigenvalue weighted by Crippen LogP contribution is 2.19. The molecule has 1 unspecified atom stereocenters. The van der Waals surface area contributed by atoms with E-state index in [9.17, 15) is 14.4 Å². The van der Waals surface area contributed by atoms with Gasteiger partial charge in [0.15, 0.2) is 5.69 Å². The number of hydrogen-bond acceptors (Lipinski definition) is 7. The third-order valence-electron chi connectivity index (χ3n) is 4.58. The Morgan fingerprint density at radius 3 is 2.86 bits per heavy atom. The molecule has 146 valence electrons. The van der Waals surface area contributed by atoms with Crippen molar-refractivity contribution in [3.05, 3.63) is 52.4 Å². The maximum absolute atomic E-state index is 12.8. The number of H-pyrrole nitrogens is 1. The number of ketones is 1. The monoisotopic (exact) mass is 408 g/mol. The molecule has 1 aliphatic carbocycles. The summed E-state index contributed by atoms with van der Waals surface area (Å²) in [5.41, 5.74) is 6.84. The number of primary amides is 1. The van der Waals surface area contributed by atoms with E-state index < -0.39 is 23.6 Å². The Morgan fingerprint density at radius 2 is 2.10 bits per heavy atom. The summed E-state index contributed by atoms with van der Waals surface area (Å²) in [6.07, 6.45) is 8.28. The number of hydrogen-bond donors (Lipinski definition) is 3. The van der Waals surface area contributed by atoms with Crippen LogP contribution in [0.4, 0.5) is 0 Å². The van der Waals surface area contributed by atoms with Gasteiger partial charge in [0.05, 0.1) is 17.4 Å². The van der Waals surface area contributed by atoms with Crippen LogP contribution in [0.3, 0.4) is 0 Å². The molecule has 3 heterocycles. The number of Topliss-reactive ketones (excluding diaryl/α,β-unsaturated/α-hetero) is 1. The van der Waals surface area contributed by atoms with Crippen LogP contribution in [0.5, 0.6) is 0 Å². The van der Waals surface area contributed by atoms with Crippen LogP contribution in [0.25, 0.3) is 23.5 Å². The number of rotatable bonds is 7. The molecule has 4 rings (SSSR count). The molecule has 1 aliphatic rings. The Kier molecular flexibility index (Phi) is 5.00. The Hall–Kier alpha value is -3.66. The van der Waals surface area contributed by atoms with E-state index in [1.54, 1.807) is 30.6 Å². The molecular weight excluding hydrogens is 392 g/mol. The quantitative estimate of drug-likeness (QED) is 0.441. The van der Waals surface area contributed by atoms with Gasteiger partial charge >= 0.3 is 0 Å². The maximum Gasteiger partial charge on any atom is 0.287 e. The van der Waals surface area contributed by atoms with Crippen molar-refractivity contribution in [2.75, 3.05) is 0 Å². The van der Waals surface area contributed by atoms with Gasteiger partial charge in [-0.05, 0) is 29.3 Å². The number of pyridine rings is 1. The van der Waals surface area contributed by atoms with Gasteiger partial charge in [-0.3, -0.25) is 19.4 Å². The predicted molar refractivity (Wildman–Crippen MR) is 106 cm³/mol. The molecule has 29 heavy (non-hydrogen) atoms. The van der Waals surface area contributed by atoms with Crippen LogP contribution in [0.15, 0.2) is 30.6 Å². The first-order chi connectivity index (χ1) is 14.0. The van der Waals surface area contributed by atoms with Crippen molar-refractivity contribution in [3.8, 4) is 11.4 Å². The lowest BCUT2D eigenvalue weighted by molar-refractivity contribution is -0.137. The first-order valence-electron chi connectivity index (χ1n) is 8.79. The highest BCUT2D eigenvalue weighted by molar-refractivity contribution is 6.99. The van der Waals surface area contributed by atoms with Gasteiger partial charge in [-0.15, -0.1) is 0 Å². The van der Waals surface area contributed by atoms with Gasteiger partial charge in [0.25, 0.3) is 11.8 Å².